The van der Waals surface area contributed by atoms with Gasteiger partial charge in [0.25, 0.3) is 10.1 Å². The Kier molecular flexibility index (Phi) is 4.39. The Hall–Kier alpha value is -0.387. The summed E-state index contributed by atoms with van der Waals surface area (Å²) in [4.78, 5) is 3.63. The van der Waals surface area contributed by atoms with E-state index in [2.05, 4.69) is 4.98 Å². The second kappa shape index (κ2) is 5.08. The van der Waals surface area contributed by atoms with Crippen molar-refractivity contribution in [3.05, 3.63) is 28.0 Å². The molecule has 0 saturated carbocycles. The van der Waals surface area contributed by atoms with Crippen molar-refractivity contribution >= 4 is 61.2 Å². The van der Waals surface area contributed by atoms with Gasteiger partial charge in [0.05, 0.1) is 3.57 Å². The third kappa shape index (κ3) is 2.72. The Morgan fingerprint density at radius 1 is 1.35 bits per heavy atom. The van der Waals surface area contributed by atoms with Gasteiger partial charge in [-0.15, -0.1) is 0 Å². The van der Waals surface area contributed by atoms with Crippen LogP contribution in [0.25, 0.3) is 10.9 Å². The number of hydrogen-bond donors (Lipinski definition) is 2. The summed E-state index contributed by atoms with van der Waals surface area (Å²) in [6.45, 7) is 0. The Labute approximate surface area is 122 Å². The number of nitrogens with zero attached hydrogens (tertiary/aromatic N) is 1. The van der Waals surface area contributed by atoms with Crippen LogP contribution in [-0.4, -0.2) is 40.7 Å². The van der Waals surface area contributed by atoms with E-state index in [-0.39, 0.29) is 39.1 Å². The largest absolute Gasteiger partial charge is 0.505 e. The van der Waals surface area contributed by atoms with Gasteiger partial charge in [-0.1, -0.05) is 0 Å². The number of aromatic hydroxyl groups is 1. The van der Waals surface area contributed by atoms with Crippen molar-refractivity contribution in [2.24, 2.45) is 0 Å². The van der Waals surface area contributed by atoms with Crippen molar-refractivity contribution < 1.29 is 18.1 Å². The van der Waals surface area contributed by atoms with Crippen molar-refractivity contribution in [1.29, 1.82) is 0 Å². The number of phenolic OH excluding ortho intramolecular Hbond substituents is 1. The third-order valence-electron chi connectivity index (χ3n) is 2.06. The van der Waals surface area contributed by atoms with Crippen molar-refractivity contribution in [3.63, 3.8) is 0 Å². The summed E-state index contributed by atoms with van der Waals surface area (Å²) in [6, 6.07) is 4.21. The molecule has 0 atom stereocenters. The zero-order valence-electron chi connectivity index (χ0n) is 8.25. The molecular formula is C9H6GeINO4S. The Balaban J connectivity index is 0.00000144. The average molecular weight is 424 g/mol. The second-order valence-electron chi connectivity index (χ2n) is 3.08. The van der Waals surface area contributed by atoms with E-state index in [4.69, 9.17) is 4.55 Å². The summed E-state index contributed by atoms with van der Waals surface area (Å²) >= 11 is 1.77. The summed E-state index contributed by atoms with van der Waals surface area (Å²) in [7, 11) is -4.32. The van der Waals surface area contributed by atoms with Crippen molar-refractivity contribution in [1.82, 2.24) is 4.98 Å². The van der Waals surface area contributed by atoms with E-state index < -0.39 is 10.1 Å². The number of halogens is 1. The molecule has 17 heavy (non-hydrogen) atoms. The van der Waals surface area contributed by atoms with Crippen molar-refractivity contribution in [2.75, 3.05) is 0 Å². The fraction of sp³-hybridized carbons (Fsp3) is 0. The molecule has 0 aliphatic rings. The molecule has 0 fully saturated rings. The zero-order valence-corrected chi connectivity index (χ0v) is 13.3. The van der Waals surface area contributed by atoms with Crippen LogP contribution in [0.1, 0.15) is 0 Å². The van der Waals surface area contributed by atoms with Gasteiger partial charge in [-0.05, 0) is 40.8 Å². The maximum atomic E-state index is 11.2. The number of benzene rings is 1. The Morgan fingerprint density at radius 3 is 2.59 bits per heavy atom. The summed E-state index contributed by atoms with van der Waals surface area (Å²) < 4.78 is 31.7. The van der Waals surface area contributed by atoms with E-state index in [1.54, 1.807) is 22.6 Å². The van der Waals surface area contributed by atoms with Gasteiger partial charge in [0, 0.05) is 29.2 Å². The van der Waals surface area contributed by atoms with Gasteiger partial charge in [0.2, 0.25) is 0 Å². The fourth-order valence-electron chi connectivity index (χ4n) is 1.38. The van der Waals surface area contributed by atoms with E-state index in [1.807, 2.05) is 0 Å². The maximum Gasteiger partial charge on any atom is 0.295 e. The van der Waals surface area contributed by atoms with Gasteiger partial charge in [-0.2, -0.15) is 8.42 Å². The first kappa shape index (κ1) is 14.7. The molecule has 2 rings (SSSR count). The van der Waals surface area contributed by atoms with Crippen LogP contribution in [0, 0.1) is 3.57 Å². The molecule has 88 valence electrons. The van der Waals surface area contributed by atoms with Crippen LogP contribution >= 0.6 is 22.6 Å². The first-order valence-electron chi connectivity index (χ1n) is 4.15. The van der Waals surface area contributed by atoms with Gasteiger partial charge in [0.15, 0.2) is 5.75 Å². The van der Waals surface area contributed by atoms with Crippen LogP contribution in [0.4, 0.5) is 0 Å². The van der Waals surface area contributed by atoms with Crippen molar-refractivity contribution in [2.45, 2.75) is 4.90 Å². The standard InChI is InChI=1S/C9H6INO4S.Ge/c10-6-4-7(16(13,14)15)5-2-1-3-11-8(5)9(6)12;/h1-4,12H,(H,13,14,15);. The van der Waals surface area contributed by atoms with E-state index in [0.717, 1.165) is 0 Å². The molecule has 4 radical (unpaired) electrons. The molecule has 1 aromatic carbocycles. The predicted octanol–water partition coefficient (Wildman–Crippen LogP) is 1.41. The fourth-order valence-corrected chi connectivity index (χ4v) is 2.87. The van der Waals surface area contributed by atoms with Crippen LogP contribution < -0.4 is 0 Å². The number of hydrogen-bond acceptors (Lipinski definition) is 4. The van der Waals surface area contributed by atoms with Crippen molar-refractivity contribution in [3.8, 4) is 5.75 Å². The quantitative estimate of drug-likeness (QED) is 0.411. The smallest absolute Gasteiger partial charge is 0.295 e. The summed E-state index contributed by atoms with van der Waals surface area (Å²) in [6.07, 6.45) is 1.44. The summed E-state index contributed by atoms with van der Waals surface area (Å²) in [5.41, 5.74) is 0.155. The van der Waals surface area contributed by atoms with E-state index in [9.17, 15) is 13.5 Å². The Bertz CT molecular complexity index is 674. The van der Waals surface area contributed by atoms with Crippen LogP contribution in [0.5, 0.6) is 5.75 Å². The van der Waals surface area contributed by atoms with Crippen LogP contribution in [0.2, 0.25) is 0 Å². The summed E-state index contributed by atoms with van der Waals surface area (Å²) in [5.74, 6) is -0.0939. The molecular weight excluding hydrogens is 418 g/mol. The average Bonchev–Trinajstić information content (AvgIpc) is 2.22. The van der Waals surface area contributed by atoms with Crippen LogP contribution in [0.15, 0.2) is 29.3 Å². The molecule has 2 N–H and O–H groups in total. The maximum absolute atomic E-state index is 11.2. The minimum Gasteiger partial charge on any atom is -0.505 e. The zero-order chi connectivity index (χ0) is 11.9. The number of pyridine rings is 1. The molecule has 1 aromatic heterocycles. The SMILES string of the molecule is O=S(=O)(O)c1cc(I)c(O)c2ncccc12.[Ge]. The topological polar surface area (TPSA) is 87.5 Å². The molecule has 1 heterocycles. The molecule has 0 bridgehead atoms. The molecule has 0 spiro atoms. The molecule has 0 amide bonds. The number of aromatic nitrogens is 1. The number of rotatable bonds is 1. The van der Waals surface area contributed by atoms with E-state index >= 15 is 0 Å². The van der Waals surface area contributed by atoms with Gasteiger partial charge < -0.3 is 5.11 Å². The molecule has 0 saturated heterocycles. The van der Waals surface area contributed by atoms with Crippen LogP contribution in [-0.2, 0) is 10.1 Å². The van der Waals surface area contributed by atoms with E-state index in [1.165, 1.54) is 24.4 Å². The first-order chi connectivity index (χ1) is 7.41. The predicted molar refractivity (Wildman–Crippen MR) is 71.7 cm³/mol. The first-order valence-corrected chi connectivity index (χ1v) is 6.67. The molecule has 0 aliphatic carbocycles. The molecule has 2 aromatic rings. The summed E-state index contributed by atoms with van der Waals surface area (Å²) in [5, 5.41) is 9.90. The van der Waals surface area contributed by atoms with Gasteiger partial charge in [0.1, 0.15) is 10.4 Å². The minimum atomic E-state index is -4.32. The number of fused-ring (bicyclic) bond motifs is 1. The van der Waals surface area contributed by atoms with E-state index in [0.29, 0.717) is 3.57 Å². The molecule has 5 nitrogen and oxygen atoms in total. The third-order valence-corrected chi connectivity index (χ3v) is 3.78. The van der Waals surface area contributed by atoms with Crippen LogP contribution in [0.3, 0.4) is 0 Å². The normalized spacial score (nSPS) is 11.2. The molecule has 8 heteroatoms. The minimum absolute atomic E-state index is 0. The molecule has 0 aliphatic heterocycles. The Morgan fingerprint density at radius 2 is 2.00 bits per heavy atom. The second-order valence-corrected chi connectivity index (χ2v) is 5.63. The molecule has 0 unspecified atom stereocenters. The van der Waals surface area contributed by atoms with Gasteiger partial charge in [-0.3, -0.25) is 9.54 Å². The number of phenols is 1. The van der Waals surface area contributed by atoms with Gasteiger partial charge in [-0.25, -0.2) is 0 Å². The van der Waals surface area contributed by atoms with Gasteiger partial charge >= 0.3 is 0 Å². The monoisotopic (exact) mass is 425 g/mol.